The van der Waals surface area contributed by atoms with Gasteiger partial charge in [-0.15, -0.1) is 0 Å². The van der Waals surface area contributed by atoms with Gasteiger partial charge in [-0.25, -0.2) is 0 Å². The molecule has 0 unspecified atom stereocenters. The van der Waals surface area contributed by atoms with E-state index in [1.54, 1.807) is 0 Å². The van der Waals surface area contributed by atoms with E-state index in [1.165, 1.54) is 11.8 Å². The van der Waals surface area contributed by atoms with Crippen molar-refractivity contribution in [3.05, 3.63) is 53.7 Å². The molecule has 2 aromatic rings. The summed E-state index contributed by atoms with van der Waals surface area (Å²) in [5, 5.41) is 0. The van der Waals surface area contributed by atoms with Gasteiger partial charge in [0.25, 0.3) is 0 Å². The number of nitrogens with zero attached hydrogens (tertiary/aromatic N) is 2. The third kappa shape index (κ3) is 5.03. The smallest absolute Gasteiger partial charge is 0.379 e. The fourth-order valence-electron chi connectivity index (χ4n) is 2.94. The minimum Gasteiger partial charge on any atom is -0.379 e. The highest BCUT2D eigenvalue weighted by atomic mass is 19.4. The lowest BCUT2D eigenvalue weighted by Crippen LogP contribution is -2.36. The summed E-state index contributed by atoms with van der Waals surface area (Å²) in [5.41, 5.74) is 1.55. The number of aromatic nitrogens is 1. The number of rotatable bonds is 5. The molecule has 6 heteroatoms. The molecule has 0 spiro atoms. The quantitative estimate of drug-likeness (QED) is 0.814. The zero-order valence-electron chi connectivity index (χ0n) is 13.9. The highest BCUT2D eigenvalue weighted by Crippen LogP contribution is 2.31. The van der Waals surface area contributed by atoms with Gasteiger partial charge in [-0.1, -0.05) is 24.3 Å². The zero-order valence-corrected chi connectivity index (χ0v) is 13.9. The van der Waals surface area contributed by atoms with Crippen LogP contribution in [0.2, 0.25) is 0 Å². The largest absolute Gasteiger partial charge is 0.416 e. The molecule has 0 aliphatic carbocycles. The molecule has 0 atom stereocenters. The molecule has 3 nitrogen and oxygen atoms in total. The van der Waals surface area contributed by atoms with Crippen molar-refractivity contribution in [3.63, 3.8) is 0 Å². The maximum Gasteiger partial charge on any atom is 0.416 e. The third-order valence-corrected chi connectivity index (χ3v) is 4.38. The van der Waals surface area contributed by atoms with Gasteiger partial charge in [0.15, 0.2) is 0 Å². The molecule has 1 aromatic carbocycles. The third-order valence-electron chi connectivity index (χ3n) is 4.38. The van der Waals surface area contributed by atoms with Crippen LogP contribution in [-0.2, 0) is 17.3 Å². The summed E-state index contributed by atoms with van der Waals surface area (Å²) in [7, 11) is 0. The van der Waals surface area contributed by atoms with Crippen LogP contribution < -0.4 is 0 Å². The van der Waals surface area contributed by atoms with Crippen LogP contribution in [0.1, 0.15) is 17.5 Å². The summed E-state index contributed by atoms with van der Waals surface area (Å²) in [5.74, 6) is 0. The van der Waals surface area contributed by atoms with E-state index in [9.17, 15) is 13.2 Å². The van der Waals surface area contributed by atoms with Gasteiger partial charge in [0.05, 0.1) is 24.5 Å². The number of alkyl halides is 3. The topological polar surface area (TPSA) is 25.4 Å². The van der Waals surface area contributed by atoms with Gasteiger partial charge in [0.1, 0.15) is 0 Å². The highest BCUT2D eigenvalue weighted by Gasteiger charge is 2.30. The maximum atomic E-state index is 12.8. The van der Waals surface area contributed by atoms with Crippen LogP contribution in [0.4, 0.5) is 13.2 Å². The maximum absolute atomic E-state index is 12.8. The molecular weight excluding hydrogens is 329 g/mol. The molecule has 3 rings (SSSR count). The van der Waals surface area contributed by atoms with Gasteiger partial charge in [-0.3, -0.25) is 9.88 Å². The summed E-state index contributed by atoms with van der Waals surface area (Å²) in [6.07, 6.45) is -1.14. The summed E-state index contributed by atoms with van der Waals surface area (Å²) < 4.78 is 43.7. The molecular formula is C19H21F3N2O. The van der Waals surface area contributed by atoms with E-state index in [4.69, 9.17) is 4.74 Å². The van der Waals surface area contributed by atoms with Crippen LogP contribution in [0.25, 0.3) is 11.3 Å². The Bertz CT molecular complexity index is 680. The molecule has 1 aliphatic heterocycles. The van der Waals surface area contributed by atoms with Crippen molar-refractivity contribution in [2.24, 2.45) is 0 Å². The second-order valence-corrected chi connectivity index (χ2v) is 6.18. The molecule has 0 radical (unpaired) electrons. The van der Waals surface area contributed by atoms with Crippen molar-refractivity contribution in [3.8, 4) is 11.3 Å². The van der Waals surface area contributed by atoms with Gasteiger partial charge in [0.2, 0.25) is 0 Å². The number of halogens is 3. The van der Waals surface area contributed by atoms with E-state index in [1.807, 2.05) is 24.3 Å². The summed E-state index contributed by atoms with van der Waals surface area (Å²) >= 11 is 0. The number of pyridine rings is 1. The fourth-order valence-corrected chi connectivity index (χ4v) is 2.94. The summed E-state index contributed by atoms with van der Waals surface area (Å²) in [6, 6.07) is 9.70. The normalized spacial score (nSPS) is 16.1. The number of ether oxygens (including phenoxy) is 1. The predicted octanol–water partition coefficient (Wildman–Crippen LogP) is 4.03. The van der Waals surface area contributed by atoms with Crippen LogP contribution in [0.3, 0.4) is 0 Å². The first kappa shape index (κ1) is 17.9. The number of hydrogen-bond acceptors (Lipinski definition) is 3. The van der Waals surface area contributed by atoms with Crippen molar-refractivity contribution < 1.29 is 17.9 Å². The summed E-state index contributed by atoms with van der Waals surface area (Å²) in [4.78, 5) is 6.45. The fraction of sp³-hybridized carbons (Fsp3) is 0.421. The van der Waals surface area contributed by atoms with Crippen molar-refractivity contribution in [1.82, 2.24) is 9.88 Å². The lowest BCUT2D eigenvalue weighted by atomic mass is 10.0. The number of hydrogen-bond donors (Lipinski definition) is 0. The minimum absolute atomic E-state index is 0.342. The molecule has 0 N–H and O–H groups in total. The SMILES string of the molecule is FC(F)(F)c1ccnc(-c2ccc(CCCN3CCOCC3)cc2)c1. The van der Waals surface area contributed by atoms with Crippen LogP contribution in [0.5, 0.6) is 0 Å². The molecule has 1 saturated heterocycles. The molecule has 2 heterocycles. The number of morpholine rings is 1. The Balaban J connectivity index is 1.58. The van der Waals surface area contributed by atoms with E-state index >= 15 is 0 Å². The van der Waals surface area contributed by atoms with Crippen LogP contribution in [0, 0.1) is 0 Å². The van der Waals surface area contributed by atoms with Crippen molar-refractivity contribution in [2.75, 3.05) is 32.8 Å². The van der Waals surface area contributed by atoms with Gasteiger partial charge in [-0.05, 0) is 37.1 Å². The number of aryl methyl sites for hydroxylation is 1. The first-order valence-corrected chi connectivity index (χ1v) is 8.45. The Morgan fingerprint density at radius 1 is 1.04 bits per heavy atom. The minimum atomic E-state index is -4.35. The Labute approximate surface area is 145 Å². The van der Waals surface area contributed by atoms with E-state index < -0.39 is 11.7 Å². The van der Waals surface area contributed by atoms with Gasteiger partial charge in [-0.2, -0.15) is 13.2 Å². The summed E-state index contributed by atoms with van der Waals surface area (Å²) in [6.45, 7) is 4.62. The molecule has 1 fully saturated rings. The van der Waals surface area contributed by atoms with E-state index in [-0.39, 0.29) is 0 Å². The van der Waals surface area contributed by atoms with Crippen LogP contribution in [-0.4, -0.2) is 42.7 Å². The molecule has 1 aromatic heterocycles. The molecule has 0 saturated carbocycles. The van der Waals surface area contributed by atoms with Crippen LogP contribution >= 0.6 is 0 Å². The van der Waals surface area contributed by atoms with E-state index in [2.05, 4.69) is 9.88 Å². The second-order valence-electron chi connectivity index (χ2n) is 6.18. The number of benzene rings is 1. The van der Waals surface area contributed by atoms with Gasteiger partial charge >= 0.3 is 6.18 Å². The van der Waals surface area contributed by atoms with E-state index in [0.717, 1.165) is 57.8 Å². The average Bonchev–Trinajstić information content (AvgIpc) is 2.63. The molecule has 134 valence electrons. The average molecular weight is 350 g/mol. The second kappa shape index (κ2) is 7.97. The van der Waals surface area contributed by atoms with E-state index in [0.29, 0.717) is 11.3 Å². The highest BCUT2D eigenvalue weighted by molar-refractivity contribution is 5.60. The Morgan fingerprint density at radius 3 is 2.44 bits per heavy atom. The van der Waals surface area contributed by atoms with Gasteiger partial charge < -0.3 is 4.74 Å². The van der Waals surface area contributed by atoms with Crippen molar-refractivity contribution in [2.45, 2.75) is 19.0 Å². The lowest BCUT2D eigenvalue weighted by molar-refractivity contribution is -0.137. The Morgan fingerprint density at radius 2 is 1.76 bits per heavy atom. The molecule has 0 amide bonds. The van der Waals surface area contributed by atoms with Crippen molar-refractivity contribution >= 4 is 0 Å². The zero-order chi connectivity index (χ0) is 17.7. The monoisotopic (exact) mass is 350 g/mol. The predicted molar refractivity (Wildman–Crippen MR) is 90.3 cm³/mol. The van der Waals surface area contributed by atoms with Gasteiger partial charge in [0, 0.05) is 24.8 Å². The first-order chi connectivity index (χ1) is 12.0. The first-order valence-electron chi connectivity index (χ1n) is 8.45. The molecule has 1 aliphatic rings. The molecule has 25 heavy (non-hydrogen) atoms. The lowest BCUT2D eigenvalue weighted by Gasteiger charge is -2.26. The molecule has 0 bridgehead atoms. The van der Waals surface area contributed by atoms with Crippen LogP contribution in [0.15, 0.2) is 42.6 Å². The van der Waals surface area contributed by atoms with Crippen molar-refractivity contribution in [1.29, 1.82) is 0 Å². The Kier molecular flexibility index (Phi) is 5.71. The standard InChI is InChI=1S/C19H21F3N2O/c20-19(21,22)17-7-8-23-18(14-17)16-5-3-15(4-6-16)2-1-9-24-10-12-25-13-11-24/h3-8,14H,1-2,9-13H2. The Hall–Kier alpha value is -1.92.